The van der Waals surface area contributed by atoms with Gasteiger partial charge < -0.3 is 39.0 Å². The summed E-state index contributed by atoms with van der Waals surface area (Å²) >= 11 is 2.19. The van der Waals surface area contributed by atoms with E-state index in [9.17, 15) is 55.0 Å². The predicted octanol–water partition coefficient (Wildman–Crippen LogP) is 12.9. The van der Waals surface area contributed by atoms with Gasteiger partial charge in [-0.3, -0.25) is 27.3 Å². The Kier molecular flexibility index (Phi) is 28.0. The van der Waals surface area contributed by atoms with Crippen molar-refractivity contribution >= 4 is 87.1 Å². The molecule has 540 valence electrons. The number of hydrogen-bond donors (Lipinski definition) is 3. The lowest BCUT2D eigenvalue weighted by molar-refractivity contribution is 0.0984. The molecule has 0 bridgehead atoms. The van der Waals surface area contributed by atoms with Gasteiger partial charge in [0.2, 0.25) is 36.9 Å². The second kappa shape index (κ2) is 35.6. The molecule has 0 unspecified atom stereocenters. The van der Waals surface area contributed by atoms with Crippen LogP contribution in [0.4, 0.5) is 17.1 Å². The molecule has 1 aliphatic heterocycles. The Morgan fingerprint density at radius 3 is 1.14 bits per heavy atom. The number of anilines is 3. The summed E-state index contributed by atoms with van der Waals surface area (Å²) in [4.78, 5) is 38.4. The quantitative estimate of drug-likeness (QED) is 0.0319. The van der Waals surface area contributed by atoms with Gasteiger partial charge in [-0.1, -0.05) is 133 Å². The van der Waals surface area contributed by atoms with E-state index in [1.165, 1.54) is 25.4 Å². The van der Waals surface area contributed by atoms with E-state index in [2.05, 4.69) is 22.6 Å². The van der Waals surface area contributed by atoms with E-state index in [1.54, 1.807) is 109 Å². The number of aliphatic hydroxyl groups excluding tert-OH is 3. The number of ether oxygens (including phenoxy) is 5. The normalized spacial score (nSPS) is 11.6. The van der Waals surface area contributed by atoms with Crippen LogP contribution in [0.25, 0.3) is 0 Å². The predicted molar refractivity (Wildman–Crippen MR) is 407 cm³/mol. The molecule has 102 heavy (non-hydrogen) atoms. The molecule has 9 aromatic carbocycles. The van der Waals surface area contributed by atoms with Gasteiger partial charge in [0.05, 0.1) is 55.7 Å². The van der Waals surface area contributed by atoms with Crippen LogP contribution in [0.1, 0.15) is 111 Å². The Labute approximate surface area is 612 Å². The molecule has 0 amide bonds. The number of carbonyl (C=O) groups excluding carboxylic acids is 3. The van der Waals surface area contributed by atoms with Crippen molar-refractivity contribution in [1.82, 2.24) is 0 Å². The molecule has 0 fully saturated rings. The highest BCUT2D eigenvalue weighted by molar-refractivity contribution is 14.1. The van der Waals surface area contributed by atoms with Crippen LogP contribution in [0.3, 0.4) is 0 Å². The summed E-state index contributed by atoms with van der Waals surface area (Å²) in [5.41, 5.74) is 13.9. The van der Waals surface area contributed by atoms with E-state index in [-0.39, 0.29) is 90.5 Å². The third-order valence-electron chi connectivity index (χ3n) is 16.7. The molecule has 10 rings (SSSR count). The molecular formula is C78H86IN3O17S3. The largest absolute Gasteiger partial charge is 0.487 e. The summed E-state index contributed by atoms with van der Waals surface area (Å²) in [6.07, 6.45) is 3.75. The first-order chi connectivity index (χ1) is 47.8. The number of benzene rings is 9. The zero-order chi connectivity index (χ0) is 73.5. The number of sulfonamides is 3. The standard InChI is InChI=1S/C26H27NO6S.C26H29NO6S.C25H26INO5S.CH4/c1-17-5-6-18(2)21(11-17)15-31-25-13-19(7-9-22(25)27(3)34(4,29)30)12-23(28)20-8-10-24-26(14-20)33-16-32-24;1-18-4-8-22(16-29)23(12-18)17-33-26-14-20(7-11-24(26)27(2)34(3,31)32)13-25(30)21-9-5-19(15-28)6-10-21;1-17-4-6-20(15-28)21(12-17)16-32-25-14-18(5-11-23(25)27(2)33(3,30)31)13-24(29)19-7-9-22(26)10-8-19;/h5-11,13-14H,12,15-16H2,1-4H3;4-12,14,28-29H,13,15-17H2,1-3H3;4-12,14,28H,13,15-16H2,1-3H3;1H4. The number of ketones is 3. The zero-order valence-electron chi connectivity index (χ0n) is 57.8. The van der Waals surface area contributed by atoms with Crippen molar-refractivity contribution in [2.45, 2.75) is 94.0 Å². The SMILES string of the molecule is C.Cc1ccc(C)c(COc2cc(CC(=O)c3ccc4c(c3)OCO4)ccc2N(C)S(C)(=O)=O)c1.Cc1ccc(CO)c(COc2cc(CC(=O)c3ccc(CO)cc3)ccc2N(C)S(C)(=O)=O)c1.Cc1ccc(CO)c(COc2cc(CC(=O)c3ccc(I)cc3)ccc2N(C)S(C)(=O)=O)c1. The van der Waals surface area contributed by atoms with Gasteiger partial charge >= 0.3 is 0 Å². The minimum Gasteiger partial charge on any atom is -0.487 e. The van der Waals surface area contributed by atoms with Crippen LogP contribution in [0.2, 0.25) is 0 Å². The average molecular weight is 1560 g/mol. The maximum atomic E-state index is 12.9. The van der Waals surface area contributed by atoms with Crippen LogP contribution in [0.5, 0.6) is 28.7 Å². The fourth-order valence-electron chi connectivity index (χ4n) is 10.5. The number of carbonyl (C=O) groups is 3. The van der Waals surface area contributed by atoms with Gasteiger partial charge in [-0.2, -0.15) is 0 Å². The number of fused-ring (bicyclic) bond motifs is 1. The molecule has 0 aliphatic carbocycles. The van der Waals surface area contributed by atoms with Crippen LogP contribution in [-0.4, -0.2) is 105 Å². The number of aliphatic hydroxyl groups is 3. The lowest BCUT2D eigenvalue weighted by Gasteiger charge is -2.21. The Bertz CT molecular complexity index is 4840. The second-order valence-corrected chi connectivity index (χ2v) is 31.8. The van der Waals surface area contributed by atoms with Crippen molar-refractivity contribution < 1.29 is 78.6 Å². The molecule has 0 aromatic heterocycles. The lowest BCUT2D eigenvalue weighted by Crippen LogP contribution is -2.25. The highest BCUT2D eigenvalue weighted by Gasteiger charge is 2.24. The molecule has 1 heterocycles. The second-order valence-electron chi connectivity index (χ2n) is 24.5. The minimum atomic E-state index is -3.54. The van der Waals surface area contributed by atoms with Crippen molar-refractivity contribution in [2.75, 3.05) is 59.6 Å². The van der Waals surface area contributed by atoms with E-state index in [1.807, 2.05) is 94.4 Å². The first kappa shape index (κ1) is 80.2. The lowest BCUT2D eigenvalue weighted by atomic mass is 10.0. The Hall–Kier alpha value is -9.15. The smallest absolute Gasteiger partial charge is 0.232 e. The summed E-state index contributed by atoms with van der Waals surface area (Å²) < 4.78 is 106. The molecule has 0 spiro atoms. The number of Topliss-reactive ketones (excluding diaryl/α,β-unsaturated/α-hetero) is 3. The maximum Gasteiger partial charge on any atom is 0.232 e. The molecule has 0 saturated heterocycles. The first-order valence-electron chi connectivity index (χ1n) is 31.8. The molecule has 24 heteroatoms. The van der Waals surface area contributed by atoms with Crippen LogP contribution >= 0.6 is 22.6 Å². The Morgan fingerprint density at radius 2 is 0.745 bits per heavy atom. The van der Waals surface area contributed by atoms with Gasteiger partial charge in [0.25, 0.3) is 0 Å². The van der Waals surface area contributed by atoms with Crippen LogP contribution in [-0.2, 0) is 89.0 Å². The third-order valence-corrected chi connectivity index (χ3v) is 21.0. The topological polar surface area (TPSA) is 270 Å². The Balaban J connectivity index is 0.000000213. The summed E-state index contributed by atoms with van der Waals surface area (Å²) in [7, 11) is -6.18. The van der Waals surface area contributed by atoms with Crippen LogP contribution < -0.4 is 36.6 Å². The summed E-state index contributed by atoms with van der Waals surface area (Å²) in [6, 6.07) is 51.8. The van der Waals surface area contributed by atoms with Crippen molar-refractivity contribution in [3.8, 4) is 28.7 Å². The van der Waals surface area contributed by atoms with Crippen LogP contribution in [0, 0.1) is 31.3 Å². The van der Waals surface area contributed by atoms with Gasteiger partial charge in [-0.15, -0.1) is 0 Å². The third kappa shape index (κ3) is 21.9. The van der Waals surface area contributed by atoms with E-state index >= 15 is 0 Å². The van der Waals surface area contributed by atoms with Crippen molar-refractivity contribution in [2.24, 2.45) is 0 Å². The fraction of sp³-hybridized carbons (Fsp3) is 0.269. The van der Waals surface area contributed by atoms with Crippen molar-refractivity contribution in [3.63, 3.8) is 0 Å². The van der Waals surface area contributed by atoms with E-state index in [0.29, 0.717) is 79.2 Å². The molecule has 0 radical (unpaired) electrons. The average Bonchev–Trinajstić information content (AvgIpc) is 0.960. The molecule has 0 saturated carbocycles. The van der Waals surface area contributed by atoms with Crippen molar-refractivity contribution in [1.29, 1.82) is 0 Å². The van der Waals surface area contributed by atoms with Gasteiger partial charge in [0.1, 0.15) is 37.1 Å². The van der Waals surface area contributed by atoms with E-state index in [4.69, 9.17) is 23.7 Å². The number of hydrogen-bond acceptors (Lipinski definition) is 17. The summed E-state index contributed by atoms with van der Waals surface area (Å²) in [6.45, 7) is 8.23. The molecule has 20 nitrogen and oxygen atoms in total. The molecule has 1 aliphatic rings. The number of rotatable bonds is 27. The van der Waals surface area contributed by atoms with Gasteiger partial charge in [0, 0.05) is 60.7 Å². The zero-order valence-corrected chi connectivity index (χ0v) is 62.4. The van der Waals surface area contributed by atoms with Gasteiger partial charge in [0.15, 0.2) is 28.8 Å². The molecule has 9 aromatic rings. The van der Waals surface area contributed by atoms with Gasteiger partial charge in [-0.05, 0) is 173 Å². The monoisotopic (exact) mass is 1560 g/mol. The highest BCUT2D eigenvalue weighted by atomic mass is 127. The fourth-order valence-corrected chi connectivity index (χ4v) is 12.4. The summed E-state index contributed by atoms with van der Waals surface area (Å²) in [5.74, 6) is 1.98. The van der Waals surface area contributed by atoms with Crippen LogP contribution in [0.15, 0.2) is 176 Å². The summed E-state index contributed by atoms with van der Waals surface area (Å²) in [5, 5.41) is 28.5. The molecule has 0 atom stereocenters. The molecule has 3 N–H and O–H groups in total. The first-order valence-corrected chi connectivity index (χ1v) is 38.4. The number of aryl methyl sites for hydroxylation is 4. The number of halogens is 1. The molecular weight excluding hydrogens is 1470 g/mol. The van der Waals surface area contributed by atoms with E-state index in [0.717, 1.165) is 86.6 Å². The highest BCUT2D eigenvalue weighted by Crippen LogP contribution is 2.37. The number of nitrogens with zero attached hydrogens (tertiary/aromatic N) is 3. The Morgan fingerprint density at radius 1 is 0.402 bits per heavy atom. The minimum absolute atomic E-state index is 0. The maximum absolute atomic E-state index is 12.9. The van der Waals surface area contributed by atoms with E-state index < -0.39 is 30.1 Å². The van der Waals surface area contributed by atoms with Crippen molar-refractivity contribution in [3.05, 3.63) is 269 Å². The van der Waals surface area contributed by atoms with Gasteiger partial charge in [-0.25, -0.2) is 25.3 Å².